The highest BCUT2D eigenvalue weighted by Gasteiger charge is 2.52. The van der Waals surface area contributed by atoms with E-state index in [1.165, 1.54) is 151 Å². The van der Waals surface area contributed by atoms with Gasteiger partial charge in [-0.2, -0.15) is 9.13 Å². The average molecular weight is 1110 g/mol. The van der Waals surface area contributed by atoms with Gasteiger partial charge in [-0.3, -0.25) is 0 Å². The molecule has 2 nitrogen and oxygen atoms in total. The molecule has 0 radical (unpaired) electrons. The Morgan fingerprint density at radius 1 is 0.372 bits per heavy atom. The van der Waals surface area contributed by atoms with Crippen LogP contribution in [0.2, 0.25) is 0 Å². The lowest BCUT2D eigenvalue weighted by molar-refractivity contribution is -0.742. The Morgan fingerprint density at radius 3 is 1.37 bits per heavy atom. The van der Waals surface area contributed by atoms with E-state index in [-0.39, 0.29) is 5.54 Å². The predicted molar refractivity (Wildman–Crippen MR) is 360 cm³/mol. The molecule has 0 bridgehead atoms. The second kappa shape index (κ2) is 22.8. The second-order valence-corrected chi connectivity index (χ2v) is 24.3. The van der Waals surface area contributed by atoms with Crippen LogP contribution in [0, 0.1) is 33.6 Å². The summed E-state index contributed by atoms with van der Waals surface area (Å²) in [5, 5.41) is 0. The Kier molecular flexibility index (Phi) is 14.4. The molecule has 14 rings (SSSR count). The number of rotatable bonds is 14. The molecule has 418 valence electrons. The van der Waals surface area contributed by atoms with Crippen molar-refractivity contribution in [3.63, 3.8) is 0 Å². The zero-order valence-corrected chi connectivity index (χ0v) is 50.5. The van der Waals surface area contributed by atoms with Gasteiger partial charge >= 0.3 is 0 Å². The summed E-state index contributed by atoms with van der Waals surface area (Å²) in [6.07, 6.45) is 9.06. The first-order chi connectivity index (χ1) is 42.2. The van der Waals surface area contributed by atoms with E-state index < -0.39 is 0 Å². The molecule has 0 saturated heterocycles. The monoisotopic (exact) mass is 1110 g/mol. The number of hydrogen-bond acceptors (Lipinski definition) is 0. The molecule has 10 aromatic carbocycles. The maximum absolute atomic E-state index is 2.66. The lowest BCUT2D eigenvalue weighted by Crippen LogP contribution is -2.56. The maximum Gasteiger partial charge on any atom is 0.213 e. The summed E-state index contributed by atoms with van der Waals surface area (Å²) < 4.78 is 5.17. The topological polar surface area (TPSA) is 7.76 Å². The van der Waals surface area contributed by atoms with E-state index in [2.05, 4.69) is 318 Å². The first-order valence-corrected chi connectivity index (χ1v) is 31.2. The summed E-state index contributed by atoms with van der Waals surface area (Å²) in [5.74, 6) is 0.881. The molecule has 4 heterocycles. The molecule has 0 fully saturated rings. The molecule has 0 N–H and O–H groups in total. The Morgan fingerprint density at radius 2 is 0.826 bits per heavy atom. The van der Waals surface area contributed by atoms with Crippen molar-refractivity contribution in [2.45, 2.75) is 85.2 Å². The van der Waals surface area contributed by atoms with E-state index in [0.717, 1.165) is 25.8 Å². The van der Waals surface area contributed by atoms with E-state index in [9.17, 15) is 0 Å². The highest BCUT2D eigenvalue weighted by molar-refractivity contribution is 5.95. The van der Waals surface area contributed by atoms with Crippen LogP contribution in [-0.2, 0) is 12.1 Å². The summed E-state index contributed by atoms with van der Waals surface area (Å²) in [5.41, 5.74) is 32.8. The average Bonchev–Trinajstić information content (AvgIpc) is 2.24. The highest BCUT2D eigenvalue weighted by atomic mass is 15.1. The fourth-order valence-electron chi connectivity index (χ4n) is 15.3. The third-order valence-corrected chi connectivity index (χ3v) is 19.6. The number of aromatic nitrogens is 2. The zero-order valence-electron chi connectivity index (χ0n) is 50.5. The van der Waals surface area contributed by atoms with Gasteiger partial charge in [-0.1, -0.05) is 190 Å². The number of nitrogens with zero attached hydrogens (tertiary/aromatic N) is 2. The van der Waals surface area contributed by atoms with Crippen LogP contribution in [0.5, 0.6) is 0 Å². The highest BCUT2D eigenvalue weighted by Crippen LogP contribution is 2.51. The molecule has 0 amide bonds. The lowest BCUT2D eigenvalue weighted by atomic mass is 9.70. The standard InChI is InChI=1S/C84H74N2/c1-7-28-67(79-55-85-45-25-23-41-81(85)71-40-22-21-39-70(71)79)54-84(8-2)80-44-43-65(48-78(80)82-42-24-26-46-86(82)84)64-37-27-38-66(47-64)83-58(5)76(68-49-72(60-29-13-9-14-30-60)56(3)73(50-68)61-31-15-10-16-32-61)53-77(59(83)6)69-51-74(62-33-17-11-18-34-62)57(4)75(52-69)63-35-19-12-20-36-63/h9-27,29-53,67,79H,7-8,28,54-55H2,1-6H3/q+2. The molecule has 12 aromatic rings. The molecule has 0 spiro atoms. The minimum atomic E-state index is -0.193. The van der Waals surface area contributed by atoms with Crippen LogP contribution in [0.15, 0.2) is 267 Å². The van der Waals surface area contributed by atoms with E-state index in [0.29, 0.717) is 11.8 Å². The van der Waals surface area contributed by atoms with Gasteiger partial charge < -0.3 is 0 Å². The molecule has 3 unspecified atom stereocenters. The molecule has 2 heteroatoms. The van der Waals surface area contributed by atoms with Crippen molar-refractivity contribution in [1.29, 1.82) is 0 Å². The molecular formula is C84H74N2+2. The van der Waals surface area contributed by atoms with E-state index in [1.54, 1.807) is 0 Å². The van der Waals surface area contributed by atoms with Gasteiger partial charge in [-0.15, -0.1) is 0 Å². The van der Waals surface area contributed by atoms with Crippen LogP contribution < -0.4 is 9.13 Å². The number of pyridine rings is 2. The van der Waals surface area contributed by atoms with Crippen molar-refractivity contribution in [2.24, 2.45) is 5.92 Å². The summed E-state index contributed by atoms with van der Waals surface area (Å²) in [6.45, 7) is 15.1. The largest absolute Gasteiger partial charge is 0.213 e. The first-order valence-electron chi connectivity index (χ1n) is 31.2. The molecular weight excluding hydrogens is 1040 g/mol. The molecule has 3 atom stereocenters. The number of benzene rings is 10. The van der Waals surface area contributed by atoms with Crippen LogP contribution in [-0.4, -0.2) is 0 Å². The van der Waals surface area contributed by atoms with Crippen LogP contribution in [0.25, 0.3) is 112 Å². The Hall–Kier alpha value is -9.50. The minimum absolute atomic E-state index is 0.193. The van der Waals surface area contributed by atoms with E-state index in [4.69, 9.17) is 0 Å². The van der Waals surface area contributed by atoms with E-state index in [1.807, 2.05) is 0 Å². The van der Waals surface area contributed by atoms with Gasteiger partial charge in [0.15, 0.2) is 24.5 Å². The quantitative estimate of drug-likeness (QED) is 0.0959. The summed E-state index contributed by atoms with van der Waals surface area (Å²) in [6, 6.07) is 95.7. The fourth-order valence-corrected chi connectivity index (χ4v) is 15.3. The van der Waals surface area contributed by atoms with Gasteiger partial charge in [0.25, 0.3) is 0 Å². The van der Waals surface area contributed by atoms with Crippen LogP contribution in [0.3, 0.4) is 0 Å². The first kappa shape index (κ1) is 54.4. The smallest absolute Gasteiger partial charge is 0.198 e. The third-order valence-electron chi connectivity index (χ3n) is 19.6. The molecule has 0 saturated carbocycles. The van der Waals surface area contributed by atoms with Crippen LogP contribution in [0.1, 0.15) is 78.8 Å². The molecule has 86 heavy (non-hydrogen) atoms. The predicted octanol–water partition coefficient (Wildman–Crippen LogP) is 21.2. The van der Waals surface area contributed by atoms with Crippen molar-refractivity contribution in [2.75, 3.05) is 0 Å². The fraction of sp³-hybridized carbons (Fsp3) is 0.167. The number of hydrogen-bond donors (Lipinski definition) is 0. The molecule has 2 aromatic heterocycles. The van der Waals surface area contributed by atoms with Crippen LogP contribution >= 0.6 is 0 Å². The van der Waals surface area contributed by atoms with Gasteiger partial charge in [-0.25, -0.2) is 0 Å². The Labute approximate surface area is 509 Å². The SMILES string of the molecule is CCCC(CC1(CC)c2ccc(-c3cccc(-c4c(C)c(-c5cc(-c6ccccc6)c(C)c(-c6ccccc6)c5)cc(-c5cc(-c6ccccc6)c(C)c(-c6ccccc6)c5)c4C)c3)cc2-c2cccc[n+]21)C1C[n+]2ccccc2-c2ccccc21. The summed E-state index contributed by atoms with van der Waals surface area (Å²) in [4.78, 5) is 0. The maximum atomic E-state index is 2.66. The third kappa shape index (κ3) is 9.53. The van der Waals surface area contributed by atoms with Gasteiger partial charge in [-0.05, 0) is 218 Å². The van der Waals surface area contributed by atoms with Gasteiger partial charge in [0.2, 0.25) is 11.4 Å². The van der Waals surface area contributed by atoms with Crippen molar-refractivity contribution >= 4 is 0 Å². The van der Waals surface area contributed by atoms with Crippen molar-refractivity contribution in [1.82, 2.24) is 0 Å². The number of fused-ring (bicyclic) bond motifs is 6. The Bertz CT molecular complexity index is 4220. The summed E-state index contributed by atoms with van der Waals surface area (Å²) >= 11 is 0. The van der Waals surface area contributed by atoms with Crippen molar-refractivity contribution < 1.29 is 9.13 Å². The molecule has 2 aliphatic rings. The Balaban J connectivity index is 0.935. The summed E-state index contributed by atoms with van der Waals surface area (Å²) in [7, 11) is 0. The van der Waals surface area contributed by atoms with Gasteiger partial charge in [0.1, 0.15) is 0 Å². The van der Waals surface area contributed by atoms with Gasteiger partial charge in [0.05, 0.1) is 5.56 Å². The van der Waals surface area contributed by atoms with Crippen molar-refractivity contribution in [3.05, 3.63) is 301 Å². The molecule has 0 aliphatic carbocycles. The second-order valence-electron chi connectivity index (χ2n) is 24.3. The normalized spacial score (nSPS) is 15.1. The minimum Gasteiger partial charge on any atom is -0.198 e. The lowest BCUT2D eigenvalue weighted by Gasteiger charge is -2.35. The van der Waals surface area contributed by atoms with E-state index >= 15 is 0 Å². The van der Waals surface area contributed by atoms with Gasteiger partial charge in [0, 0.05) is 54.2 Å². The molecule has 2 aliphatic heterocycles. The zero-order chi connectivity index (χ0) is 58.5. The van der Waals surface area contributed by atoms with Crippen LogP contribution in [0.4, 0.5) is 0 Å². The van der Waals surface area contributed by atoms with Crippen molar-refractivity contribution in [3.8, 4) is 112 Å².